The lowest BCUT2D eigenvalue weighted by Crippen LogP contribution is -2.34. The van der Waals surface area contributed by atoms with Gasteiger partial charge in [0, 0.05) is 51.4 Å². The second-order valence-electron chi connectivity index (χ2n) is 8.21. The van der Waals surface area contributed by atoms with Gasteiger partial charge in [0.25, 0.3) is 0 Å². The Bertz CT molecular complexity index is 996. The normalized spacial score (nSPS) is 24.2. The van der Waals surface area contributed by atoms with Crippen LogP contribution in [0.15, 0.2) is 54.9 Å². The third-order valence-electron chi connectivity index (χ3n) is 6.40. The summed E-state index contributed by atoms with van der Waals surface area (Å²) in [6.45, 7) is 5.36. The molecule has 0 saturated carbocycles. The third-order valence-corrected chi connectivity index (χ3v) is 6.40. The molecule has 0 bridgehead atoms. The maximum absolute atomic E-state index is 12.3. The summed E-state index contributed by atoms with van der Waals surface area (Å²) in [4.78, 5) is 21.6. The van der Waals surface area contributed by atoms with E-state index >= 15 is 0 Å². The Hall–Kier alpha value is -2.86. The number of hydrogen-bond acceptors (Lipinski definition) is 4. The fourth-order valence-electron chi connectivity index (χ4n) is 5.11. The van der Waals surface area contributed by atoms with Crippen LogP contribution in [0.1, 0.15) is 24.2 Å². The van der Waals surface area contributed by atoms with E-state index in [1.54, 1.807) is 14.0 Å². The van der Waals surface area contributed by atoms with Crippen molar-refractivity contribution in [1.29, 1.82) is 0 Å². The number of carbonyl (C=O) groups is 1. The largest absolute Gasteiger partial charge is 0.497 e. The van der Waals surface area contributed by atoms with Crippen LogP contribution in [0.5, 0.6) is 5.75 Å². The van der Waals surface area contributed by atoms with Crippen molar-refractivity contribution in [2.45, 2.75) is 19.5 Å². The molecule has 0 aliphatic carbocycles. The summed E-state index contributed by atoms with van der Waals surface area (Å²) < 4.78 is 7.38. The zero-order valence-corrected chi connectivity index (χ0v) is 16.9. The van der Waals surface area contributed by atoms with Crippen LogP contribution >= 0.6 is 0 Å². The Labute approximate surface area is 170 Å². The lowest BCUT2D eigenvalue weighted by Gasteiger charge is -2.29. The maximum Gasteiger partial charge on any atom is 0.219 e. The molecule has 3 atom stereocenters. The molecule has 6 heteroatoms. The molecule has 0 radical (unpaired) electrons. The van der Waals surface area contributed by atoms with Gasteiger partial charge in [0.1, 0.15) is 11.4 Å². The van der Waals surface area contributed by atoms with E-state index in [1.165, 1.54) is 5.56 Å². The van der Waals surface area contributed by atoms with Gasteiger partial charge in [-0.1, -0.05) is 18.2 Å². The van der Waals surface area contributed by atoms with Crippen LogP contribution in [0.4, 0.5) is 0 Å². The number of likely N-dealkylation sites (tertiary alicyclic amines) is 2. The summed E-state index contributed by atoms with van der Waals surface area (Å²) in [5, 5.41) is 0. The highest BCUT2D eigenvalue weighted by molar-refractivity contribution is 5.74. The molecule has 3 aromatic rings. The first kappa shape index (κ1) is 18.2. The summed E-state index contributed by atoms with van der Waals surface area (Å²) in [6, 6.07) is 14.4. The molecular weight excluding hydrogens is 364 g/mol. The molecule has 1 amide bonds. The van der Waals surface area contributed by atoms with Crippen molar-refractivity contribution in [3.05, 3.63) is 66.1 Å². The summed E-state index contributed by atoms with van der Waals surface area (Å²) in [5.41, 5.74) is 3.28. The van der Waals surface area contributed by atoms with Gasteiger partial charge in [-0.2, -0.15) is 0 Å². The first-order chi connectivity index (χ1) is 14.1. The zero-order chi connectivity index (χ0) is 20.0. The number of nitrogens with zero attached hydrogens (tertiary/aromatic N) is 4. The zero-order valence-electron chi connectivity index (χ0n) is 16.9. The molecule has 0 N–H and O–H groups in total. The number of pyridine rings is 1. The minimum atomic E-state index is 0.134. The van der Waals surface area contributed by atoms with E-state index in [0.29, 0.717) is 11.8 Å². The second-order valence-corrected chi connectivity index (χ2v) is 8.21. The minimum absolute atomic E-state index is 0.134. The molecule has 1 aromatic carbocycles. The van der Waals surface area contributed by atoms with E-state index in [1.807, 2.05) is 36.5 Å². The summed E-state index contributed by atoms with van der Waals surface area (Å²) in [7, 11) is 1.68. The standard InChI is InChI=1S/C23H26N4O2/c1-16(28)27-12-18-11-25(13-19-14-26-10-4-3-5-22(26)24-19)15-21(18)23(27)17-6-8-20(29-2)9-7-17/h3-10,14,18,21,23H,11-13,15H2,1-2H3/t18-,21-,23+/m1/s1. The Morgan fingerprint density at radius 2 is 1.97 bits per heavy atom. The van der Waals surface area contributed by atoms with Crippen LogP contribution in [-0.2, 0) is 11.3 Å². The van der Waals surface area contributed by atoms with Gasteiger partial charge in [0.15, 0.2) is 0 Å². The highest BCUT2D eigenvalue weighted by atomic mass is 16.5. The Balaban J connectivity index is 1.36. The van der Waals surface area contributed by atoms with E-state index in [9.17, 15) is 4.79 Å². The van der Waals surface area contributed by atoms with Crippen molar-refractivity contribution in [2.24, 2.45) is 11.8 Å². The van der Waals surface area contributed by atoms with Gasteiger partial charge in [-0.05, 0) is 35.7 Å². The Morgan fingerprint density at radius 1 is 1.14 bits per heavy atom. The van der Waals surface area contributed by atoms with Gasteiger partial charge in [-0.3, -0.25) is 9.69 Å². The number of hydrogen-bond donors (Lipinski definition) is 0. The van der Waals surface area contributed by atoms with E-state index in [4.69, 9.17) is 9.72 Å². The number of amides is 1. The smallest absolute Gasteiger partial charge is 0.219 e. The highest BCUT2D eigenvalue weighted by Crippen LogP contribution is 2.45. The molecule has 0 unspecified atom stereocenters. The average Bonchev–Trinajstić information content (AvgIpc) is 3.39. The summed E-state index contributed by atoms with van der Waals surface area (Å²) >= 11 is 0. The van der Waals surface area contributed by atoms with Crippen LogP contribution in [0.3, 0.4) is 0 Å². The van der Waals surface area contributed by atoms with Crippen molar-refractivity contribution in [1.82, 2.24) is 19.2 Å². The monoisotopic (exact) mass is 390 g/mol. The Kier molecular flexibility index (Phi) is 4.51. The fraction of sp³-hybridized carbons (Fsp3) is 0.391. The van der Waals surface area contributed by atoms with E-state index in [0.717, 1.165) is 43.3 Å². The van der Waals surface area contributed by atoms with Crippen molar-refractivity contribution >= 4 is 11.6 Å². The SMILES string of the molecule is COc1ccc([C@H]2[C@@H]3CN(Cc4cn5ccccc5n4)C[C@@H]3CN2C(C)=O)cc1. The summed E-state index contributed by atoms with van der Waals surface area (Å²) in [6.07, 6.45) is 4.15. The van der Waals surface area contributed by atoms with Crippen molar-refractivity contribution < 1.29 is 9.53 Å². The molecule has 29 heavy (non-hydrogen) atoms. The molecule has 6 nitrogen and oxygen atoms in total. The van der Waals surface area contributed by atoms with Gasteiger partial charge < -0.3 is 14.0 Å². The molecular formula is C23H26N4O2. The third kappa shape index (κ3) is 3.27. The van der Waals surface area contributed by atoms with Crippen molar-refractivity contribution in [3.63, 3.8) is 0 Å². The molecule has 150 valence electrons. The van der Waals surface area contributed by atoms with Crippen LogP contribution in [0.2, 0.25) is 0 Å². The Morgan fingerprint density at radius 3 is 2.69 bits per heavy atom. The molecule has 2 aliphatic rings. The van der Waals surface area contributed by atoms with Gasteiger partial charge in [-0.25, -0.2) is 4.98 Å². The predicted molar refractivity (Wildman–Crippen MR) is 111 cm³/mol. The predicted octanol–water partition coefficient (Wildman–Crippen LogP) is 2.99. The molecule has 2 aromatic heterocycles. The quantitative estimate of drug-likeness (QED) is 0.687. The van der Waals surface area contributed by atoms with E-state index in [-0.39, 0.29) is 11.9 Å². The topological polar surface area (TPSA) is 50.1 Å². The molecule has 2 aliphatic heterocycles. The molecule has 2 saturated heterocycles. The van der Waals surface area contributed by atoms with Crippen molar-refractivity contribution in [2.75, 3.05) is 26.7 Å². The van der Waals surface area contributed by atoms with Gasteiger partial charge >= 0.3 is 0 Å². The molecule has 5 rings (SSSR count). The summed E-state index contributed by atoms with van der Waals surface area (Å²) in [5.74, 6) is 1.96. The number of benzene rings is 1. The lowest BCUT2D eigenvalue weighted by molar-refractivity contribution is -0.130. The first-order valence-electron chi connectivity index (χ1n) is 10.2. The number of fused-ring (bicyclic) bond motifs is 2. The molecule has 2 fully saturated rings. The minimum Gasteiger partial charge on any atom is -0.497 e. The number of aromatic nitrogens is 2. The van der Waals surface area contributed by atoms with Crippen molar-refractivity contribution in [3.8, 4) is 5.75 Å². The number of ether oxygens (including phenoxy) is 1. The van der Waals surface area contributed by atoms with E-state index < -0.39 is 0 Å². The van der Waals surface area contributed by atoms with Crippen LogP contribution < -0.4 is 4.74 Å². The number of carbonyl (C=O) groups excluding carboxylic acids is 1. The fourth-order valence-corrected chi connectivity index (χ4v) is 5.11. The lowest BCUT2D eigenvalue weighted by atomic mass is 9.89. The average molecular weight is 390 g/mol. The van der Waals surface area contributed by atoms with Gasteiger partial charge in [0.2, 0.25) is 5.91 Å². The van der Waals surface area contributed by atoms with Gasteiger partial charge in [-0.15, -0.1) is 0 Å². The van der Waals surface area contributed by atoms with Crippen LogP contribution in [0, 0.1) is 11.8 Å². The number of imidazole rings is 1. The first-order valence-corrected chi connectivity index (χ1v) is 10.2. The van der Waals surface area contributed by atoms with E-state index in [2.05, 4.69) is 32.5 Å². The van der Waals surface area contributed by atoms with Crippen LogP contribution in [-0.4, -0.2) is 51.8 Å². The van der Waals surface area contributed by atoms with Crippen LogP contribution in [0.25, 0.3) is 5.65 Å². The number of methoxy groups -OCH3 is 1. The molecule has 0 spiro atoms. The maximum atomic E-state index is 12.3. The molecule has 4 heterocycles. The van der Waals surface area contributed by atoms with Gasteiger partial charge in [0.05, 0.1) is 18.8 Å². The highest BCUT2D eigenvalue weighted by Gasteiger charge is 2.48. The number of rotatable bonds is 4. The second kappa shape index (κ2) is 7.19.